The quantitative estimate of drug-likeness (QED) is 0.634. The zero-order valence-electron chi connectivity index (χ0n) is 16.3. The monoisotopic (exact) mass is 417 g/mol. The molecule has 1 fully saturated rings. The van der Waals surface area contributed by atoms with Crippen LogP contribution in [0.3, 0.4) is 0 Å². The molecule has 0 spiro atoms. The summed E-state index contributed by atoms with van der Waals surface area (Å²) in [6.45, 7) is 5.84. The van der Waals surface area contributed by atoms with Crippen molar-refractivity contribution < 1.29 is 13.2 Å². The van der Waals surface area contributed by atoms with E-state index >= 15 is 0 Å². The Balaban J connectivity index is 0.00000364. The van der Waals surface area contributed by atoms with E-state index in [1.807, 2.05) is 20.8 Å². The summed E-state index contributed by atoms with van der Waals surface area (Å²) >= 11 is 0. The van der Waals surface area contributed by atoms with Gasteiger partial charge in [0.2, 0.25) is 15.9 Å². The van der Waals surface area contributed by atoms with Crippen LogP contribution in [0.1, 0.15) is 51.5 Å². The molecule has 2 rings (SSSR count). The van der Waals surface area contributed by atoms with Gasteiger partial charge in [-0.1, -0.05) is 31.5 Å². The van der Waals surface area contributed by atoms with Crippen molar-refractivity contribution in [3.05, 3.63) is 29.8 Å². The summed E-state index contributed by atoms with van der Waals surface area (Å²) in [6.07, 6.45) is 3.89. The van der Waals surface area contributed by atoms with E-state index in [9.17, 15) is 13.2 Å². The molecule has 0 bridgehead atoms. The number of nitrogens with one attached hydrogen (secondary N) is 2. The van der Waals surface area contributed by atoms with Crippen LogP contribution in [0.25, 0.3) is 0 Å². The van der Waals surface area contributed by atoms with Gasteiger partial charge in [0.1, 0.15) is 6.04 Å². The lowest BCUT2D eigenvalue weighted by Crippen LogP contribution is -2.51. The van der Waals surface area contributed by atoms with Gasteiger partial charge < -0.3 is 11.1 Å². The van der Waals surface area contributed by atoms with Crippen molar-refractivity contribution in [2.24, 2.45) is 11.7 Å². The first-order chi connectivity index (χ1) is 12.2. The molecular formula is C19H32ClN3O3S. The molecular weight excluding hydrogens is 386 g/mol. The van der Waals surface area contributed by atoms with Crippen LogP contribution < -0.4 is 15.8 Å². The van der Waals surface area contributed by atoms with Gasteiger partial charge in [-0.05, 0) is 57.1 Å². The van der Waals surface area contributed by atoms with E-state index in [-0.39, 0.29) is 41.2 Å². The smallest absolute Gasteiger partial charge is 0.241 e. The van der Waals surface area contributed by atoms with Crippen LogP contribution in [0, 0.1) is 12.8 Å². The van der Waals surface area contributed by atoms with Gasteiger partial charge in [0.25, 0.3) is 0 Å². The van der Waals surface area contributed by atoms with Crippen LogP contribution in [-0.2, 0) is 14.8 Å². The Kier molecular flexibility index (Phi) is 9.21. The lowest BCUT2D eigenvalue weighted by atomic mass is 9.91. The maximum Gasteiger partial charge on any atom is 0.241 e. The zero-order valence-corrected chi connectivity index (χ0v) is 17.9. The highest BCUT2D eigenvalue weighted by Crippen LogP contribution is 2.18. The Hall–Kier alpha value is -1.15. The normalized spacial score (nSPS) is 21.4. The van der Waals surface area contributed by atoms with E-state index in [4.69, 9.17) is 5.73 Å². The number of aryl methyl sites for hydroxylation is 1. The van der Waals surface area contributed by atoms with E-state index in [2.05, 4.69) is 10.0 Å². The lowest BCUT2D eigenvalue weighted by molar-refractivity contribution is -0.124. The second kappa shape index (κ2) is 10.4. The first-order valence-electron chi connectivity index (χ1n) is 9.32. The summed E-state index contributed by atoms with van der Waals surface area (Å²) in [4.78, 5) is 12.9. The molecule has 1 aliphatic rings. The third-order valence-electron chi connectivity index (χ3n) is 4.77. The minimum absolute atomic E-state index is 0. The molecule has 1 saturated carbocycles. The number of hydrogen-bond acceptors (Lipinski definition) is 4. The highest BCUT2D eigenvalue weighted by atomic mass is 35.5. The molecule has 0 aromatic heterocycles. The molecule has 154 valence electrons. The first kappa shape index (κ1) is 23.9. The lowest BCUT2D eigenvalue weighted by Gasteiger charge is -2.29. The van der Waals surface area contributed by atoms with Crippen LogP contribution in [-0.4, -0.2) is 32.5 Å². The highest BCUT2D eigenvalue weighted by molar-refractivity contribution is 7.89. The molecule has 0 radical (unpaired) electrons. The van der Waals surface area contributed by atoms with E-state index in [0.29, 0.717) is 6.42 Å². The van der Waals surface area contributed by atoms with Crippen LogP contribution in [0.4, 0.5) is 0 Å². The van der Waals surface area contributed by atoms with Crippen molar-refractivity contribution in [3.63, 3.8) is 0 Å². The molecule has 1 aromatic carbocycles. The Morgan fingerprint density at radius 1 is 1.15 bits per heavy atom. The third-order valence-corrected chi connectivity index (χ3v) is 6.26. The molecule has 1 amide bonds. The summed E-state index contributed by atoms with van der Waals surface area (Å²) in [7, 11) is -3.75. The standard InChI is InChI=1S/C19H31N3O3S.ClH/c1-13(2)12-18(19(23)21-16-8-6-15(20)7-9-16)22-26(24,25)17-10-4-14(3)5-11-17;/h4-5,10-11,13,15-16,18,22H,6-9,12,20H2,1-3H3,(H,21,23);1H. The van der Waals surface area contributed by atoms with Crippen molar-refractivity contribution in [2.45, 2.75) is 75.9 Å². The number of amides is 1. The molecule has 0 heterocycles. The summed E-state index contributed by atoms with van der Waals surface area (Å²) in [5, 5.41) is 3.01. The van der Waals surface area contributed by atoms with Crippen LogP contribution in [0.2, 0.25) is 0 Å². The fourth-order valence-electron chi connectivity index (χ4n) is 3.22. The summed E-state index contributed by atoms with van der Waals surface area (Å²) in [5.74, 6) is -0.0684. The maximum absolute atomic E-state index is 12.7. The number of benzene rings is 1. The Morgan fingerprint density at radius 2 is 1.70 bits per heavy atom. The second-order valence-electron chi connectivity index (χ2n) is 7.74. The van der Waals surface area contributed by atoms with Crippen molar-refractivity contribution >= 4 is 28.3 Å². The van der Waals surface area contributed by atoms with Gasteiger partial charge in [-0.15, -0.1) is 12.4 Å². The fraction of sp³-hybridized carbons (Fsp3) is 0.632. The minimum atomic E-state index is -3.75. The summed E-state index contributed by atoms with van der Waals surface area (Å²) < 4.78 is 27.9. The average Bonchev–Trinajstić information content (AvgIpc) is 2.56. The SMILES string of the molecule is Cc1ccc(S(=O)(=O)NC(CC(C)C)C(=O)NC2CCC(N)CC2)cc1.Cl. The largest absolute Gasteiger partial charge is 0.352 e. The number of halogens is 1. The number of rotatable bonds is 7. The molecule has 1 aliphatic carbocycles. The number of carbonyl (C=O) groups is 1. The van der Waals surface area contributed by atoms with Crippen molar-refractivity contribution in [3.8, 4) is 0 Å². The van der Waals surface area contributed by atoms with E-state index < -0.39 is 16.1 Å². The molecule has 0 saturated heterocycles. The number of nitrogens with two attached hydrogens (primary N) is 1. The van der Waals surface area contributed by atoms with Gasteiger partial charge in [-0.25, -0.2) is 8.42 Å². The van der Waals surface area contributed by atoms with Gasteiger partial charge in [-0.2, -0.15) is 4.72 Å². The molecule has 1 unspecified atom stereocenters. The highest BCUT2D eigenvalue weighted by Gasteiger charge is 2.29. The predicted molar refractivity (Wildman–Crippen MR) is 110 cm³/mol. The number of sulfonamides is 1. The Bertz CT molecular complexity index is 699. The van der Waals surface area contributed by atoms with E-state index in [1.165, 1.54) is 0 Å². The van der Waals surface area contributed by atoms with Gasteiger partial charge in [0, 0.05) is 12.1 Å². The van der Waals surface area contributed by atoms with E-state index in [0.717, 1.165) is 31.2 Å². The minimum Gasteiger partial charge on any atom is -0.352 e. The van der Waals surface area contributed by atoms with Gasteiger partial charge in [0.05, 0.1) is 4.90 Å². The molecule has 1 aromatic rings. The molecule has 6 nitrogen and oxygen atoms in total. The van der Waals surface area contributed by atoms with E-state index in [1.54, 1.807) is 24.3 Å². The average molecular weight is 418 g/mol. The molecule has 27 heavy (non-hydrogen) atoms. The zero-order chi connectivity index (χ0) is 19.3. The summed E-state index contributed by atoms with van der Waals surface area (Å²) in [6, 6.07) is 6.11. The van der Waals surface area contributed by atoms with Crippen LogP contribution >= 0.6 is 12.4 Å². The number of hydrogen-bond donors (Lipinski definition) is 3. The molecule has 1 atom stereocenters. The van der Waals surface area contributed by atoms with Gasteiger partial charge in [0.15, 0.2) is 0 Å². The third kappa shape index (κ3) is 7.41. The molecule has 0 aliphatic heterocycles. The first-order valence-corrected chi connectivity index (χ1v) is 10.8. The second-order valence-corrected chi connectivity index (χ2v) is 9.45. The Labute approximate surface area is 169 Å². The van der Waals surface area contributed by atoms with Crippen molar-refractivity contribution in [1.82, 2.24) is 10.0 Å². The molecule has 4 N–H and O–H groups in total. The van der Waals surface area contributed by atoms with Crippen LogP contribution in [0.15, 0.2) is 29.2 Å². The Morgan fingerprint density at radius 3 is 2.22 bits per heavy atom. The predicted octanol–water partition coefficient (Wildman–Crippen LogP) is 2.50. The topological polar surface area (TPSA) is 101 Å². The van der Waals surface area contributed by atoms with Gasteiger partial charge in [-0.3, -0.25) is 4.79 Å². The van der Waals surface area contributed by atoms with Crippen molar-refractivity contribution in [1.29, 1.82) is 0 Å². The summed E-state index contributed by atoms with van der Waals surface area (Å²) in [5.41, 5.74) is 6.89. The maximum atomic E-state index is 12.7. The molecule has 8 heteroatoms. The number of carbonyl (C=O) groups excluding carboxylic acids is 1. The van der Waals surface area contributed by atoms with Crippen LogP contribution in [0.5, 0.6) is 0 Å². The van der Waals surface area contributed by atoms with Crippen molar-refractivity contribution in [2.75, 3.05) is 0 Å². The van der Waals surface area contributed by atoms with Gasteiger partial charge >= 0.3 is 0 Å². The fourth-order valence-corrected chi connectivity index (χ4v) is 4.43.